The largest absolute Gasteiger partial charge is 0.452 e. The molecular formula is C22H25N3O6. The highest BCUT2D eigenvalue weighted by Crippen LogP contribution is 2.35. The Morgan fingerprint density at radius 1 is 1.00 bits per heavy atom. The van der Waals surface area contributed by atoms with Crippen LogP contribution in [-0.4, -0.2) is 47.1 Å². The van der Waals surface area contributed by atoms with Crippen LogP contribution in [0.4, 0.5) is 11.4 Å². The number of esters is 1. The van der Waals surface area contributed by atoms with Gasteiger partial charge in [-0.2, -0.15) is 0 Å². The van der Waals surface area contributed by atoms with Gasteiger partial charge in [-0.25, -0.2) is 0 Å². The molecule has 3 atom stereocenters. The van der Waals surface area contributed by atoms with Gasteiger partial charge < -0.3 is 15.4 Å². The Balaban J connectivity index is 1.45. The average molecular weight is 427 g/mol. The molecule has 9 heteroatoms. The first kappa shape index (κ1) is 22.2. The number of hydrogen-bond acceptors (Lipinski definition) is 6. The first-order chi connectivity index (χ1) is 14.8. The van der Waals surface area contributed by atoms with Gasteiger partial charge in [0, 0.05) is 24.8 Å². The lowest BCUT2D eigenvalue weighted by Crippen LogP contribution is -2.35. The minimum atomic E-state index is -1.06. The second kappa shape index (κ2) is 9.55. The van der Waals surface area contributed by atoms with Crippen molar-refractivity contribution in [3.05, 3.63) is 36.4 Å². The van der Waals surface area contributed by atoms with E-state index < -0.39 is 18.0 Å². The van der Waals surface area contributed by atoms with Crippen LogP contribution < -0.4 is 10.6 Å². The second-order valence-electron chi connectivity index (χ2n) is 7.61. The third kappa shape index (κ3) is 5.36. The third-order valence-corrected chi connectivity index (χ3v) is 5.29. The summed E-state index contributed by atoms with van der Waals surface area (Å²) in [5, 5.41) is 5.24. The number of carbonyl (C=O) groups is 5. The Bertz CT molecular complexity index is 898. The molecule has 4 amide bonds. The van der Waals surface area contributed by atoms with Crippen LogP contribution in [0.25, 0.3) is 0 Å². The van der Waals surface area contributed by atoms with Crippen LogP contribution in [0, 0.1) is 11.8 Å². The Labute approximate surface area is 179 Å². The molecule has 0 unspecified atom stereocenters. The number of rotatable bonds is 7. The molecule has 3 rings (SSSR count). The first-order valence-corrected chi connectivity index (χ1v) is 10.1. The summed E-state index contributed by atoms with van der Waals surface area (Å²) in [5.74, 6) is -2.57. The van der Waals surface area contributed by atoms with E-state index in [1.807, 2.05) is 12.2 Å². The van der Waals surface area contributed by atoms with Crippen molar-refractivity contribution in [2.24, 2.45) is 11.8 Å². The highest BCUT2D eigenvalue weighted by Gasteiger charge is 2.47. The molecule has 1 aromatic rings. The van der Waals surface area contributed by atoms with E-state index in [-0.39, 0.29) is 42.5 Å². The van der Waals surface area contributed by atoms with Gasteiger partial charge in [-0.1, -0.05) is 12.2 Å². The van der Waals surface area contributed by atoms with E-state index in [0.29, 0.717) is 24.2 Å². The number of imide groups is 1. The minimum absolute atomic E-state index is 0.0531. The van der Waals surface area contributed by atoms with Gasteiger partial charge in [-0.05, 0) is 44.0 Å². The van der Waals surface area contributed by atoms with Gasteiger partial charge in [0.05, 0.1) is 18.3 Å². The highest BCUT2D eigenvalue weighted by molar-refractivity contribution is 6.05. The molecule has 1 saturated heterocycles. The van der Waals surface area contributed by atoms with Gasteiger partial charge in [0.2, 0.25) is 17.7 Å². The van der Waals surface area contributed by atoms with E-state index in [1.165, 1.54) is 13.8 Å². The number of carbonyl (C=O) groups excluding carboxylic acids is 5. The molecule has 0 radical (unpaired) electrons. The van der Waals surface area contributed by atoms with Crippen molar-refractivity contribution < 1.29 is 28.7 Å². The molecule has 1 aliphatic carbocycles. The molecule has 0 saturated carbocycles. The maximum absolute atomic E-state index is 12.4. The van der Waals surface area contributed by atoms with Crippen LogP contribution in [-0.2, 0) is 28.7 Å². The van der Waals surface area contributed by atoms with Crippen LogP contribution >= 0.6 is 0 Å². The Kier molecular flexibility index (Phi) is 6.84. The number of benzene rings is 1. The summed E-state index contributed by atoms with van der Waals surface area (Å²) in [4.78, 5) is 61.4. The van der Waals surface area contributed by atoms with Crippen molar-refractivity contribution in [3.8, 4) is 0 Å². The fraction of sp³-hybridized carbons (Fsp3) is 0.409. The Hall–Kier alpha value is -3.49. The van der Waals surface area contributed by atoms with E-state index in [4.69, 9.17) is 4.74 Å². The summed E-state index contributed by atoms with van der Waals surface area (Å²) in [6, 6.07) is 6.48. The van der Waals surface area contributed by atoms with Gasteiger partial charge in [0.15, 0.2) is 6.10 Å². The topological polar surface area (TPSA) is 122 Å². The number of likely N-dealkylation sites (tertiary alicyclic amines) is 1. The number of nitrogens with one attached hydrogen (secondary N) is 2. The van der Waals surface area contributed by atoms with E-state index in [0.717, 1.165) is 4.90 Å². The van der Waals surface area contributed by atoms with Crippen molar-refractivity contribution in [1.29, 1.82) is 0 Å². The van der Waals surface area contributed by atoms with Crippen LogP contribution in [0.15, 0.2) is 36.4 Å². The molecule has 9 nitrogen and oxygen atoms in total. The Morgan fingerprint density at radius 2 is 1.52 bits per heavy atom. The third-order valence-electron chi connectivity index (χ3n) is 5.29. The number of amides is 4. The molecular weight excluding hydrogens is 402 g/mol. The zero-order valence-electron chi connectivity index (χ0n) is 17.4. The van der Waals surface area contributed by atoms with Gasteiger partial charge in [-0.3, -0.25) is 28.9 Å². The van der Waals surface area contributed by atoms with Crippen LogP contribution in [0.1, 0.15) is 33.1 Å². The van der Waals surface area contributed by atoms with Crippen molar-refractivity contribution in [1.82, 2.24) is 4.90 Å². The van der Waals surface area contributed by atoms with Crippen LogP contribution in [0.5, 0.6) is 0 Å². The number of fused-ring (bicyclic) bond motifs is 1. The molecule has 1 aliphatic heterocycles. The SMILES string of the molecule is CC(=O)Nc1ccc(NC(=O)[C@H](C)OC(=O)CCN2C(=O)[C@H]3CC=CC[C@@H]3C2=O)cc1. The summed E-state index contributed by atoms with van der Waals surface area (Å²) < 4.78 is 5.14. The maximum Gasteiger partial charge on any atom is 0.308 e. The minimum Gasteiger partial charge on any atom is -0.452 e. The zero-order valence-corrected chi connectivity index (χ0v) is 17.4. The lowest BCUT2D eigenvalue weighted by atomic mass is 9.85. The van der Waals surface area contributed by atoms with Gasteiger partial charge in [0.1, 0.15) is 0 Å². The molecule has 0 bridgehead atoms. The molecule has 0 spiro atoms. The number of hydrogen-bond donors (Lipinski definition) is 2. The van der Waals surface area contributed by atoms with Crippen molar-refractivity contribution >= 4 is 41.0 Å². The highest BCUT2D eigenvalue weighted by atomic mass is 16.5. The lowest BCUT2D eigenvalue weighted by molar-refractivity contribution is -0.154. The summed E-state index contributed by atoms with van der Waals surface area (Å²) >= 11 is 0. The average Bonchev–Trinajstić information content (AvgIpc) is 2.98. The van der Waals surface area contributed by atoms with Gasteiger partial charge in [-0.15, -0.1) is 0 Å². The molecule has 1 heterocycles. The fourth-order valence-electron chi connectivity index (χ4n) is 3.69. The number of allylic oxidation sites excluding steroid dienone is 2. The molecule has 164 valence electrons. The fourth-order valence-corrected chi connectivity index (χ4v) is 3.69. The van der Waals surface area contributed by atoms with E-state index in [2.05, 4.69) is 10.6 Å². The predicted octanol–water partition coefficient (Wildman–Crippen LogP) is 1.86. The molecule has 2 N–H and O–H groups in total. The molecule has 1 aromatic carbocycles. The van der Waals surface area contributed by atoms with Crippen LogP contribution in [0.2, 0.25) is 0 Å². The van der Waals surface area contributed by atoms with Crippen molar-refractivity contribution in [2.45, 2.75) is 39.2 Å². The number of nitrogens with zero attached hydrogens (tertiary/aromatic N) is 1. The van der Waals surface area contributed by atoms with E-state index in [1.54, 1.807) is 24.3 Å². The summed E-state index contributed by atoms with van der Waals surface area (Å²) in [6.07, 6.45) is 3.65. The summed E-state index contributed by atoms with van der Waals surface area (Å²) in [7, 11) is 0. The smallest absolute Gasteiger partial charge is 0.308 e. The lowest BCUT2D eigenvalue weighted by Gasteiger charge is -2.16. The summed E-state index contributed by atoms with van der Waals surface area (Å²) in [5.41, 5.74) is 1.07. The van der Waals surface area contributed by atoms with Gasteiger partial charge in [0.25, 0.3) is 5.91 Å². The molecule has 1 fully saturated rings. The van der Waals surface area contributed by atoms with Crippen molar-refractivity contribution in [3.63, 3.8) is 0 Å². The van der Waals surface area contributed by atoms with E-state index in [9.17, 15) is 24.0 Å². The molecule has 31 heavy (non-hydrogen) atoms. The number of anilines is 2. The quantitative estimate of drug-likeness (QED) is 0.389. The standard InChI is InChI=1S/C22H25N3O6/c1-13(20(28)24-16-9-7-15(8-10-16)23-14(2)26)31-19(27)11-12-25-21(29)17-5-3-4-6-18(17)22(25)30/h3-4,7-10,13,17-18H,5-6,11-12H2,1-2H3,(H,23,26)(H,24,28)/t13-,17-,18-/m0/s1. The molecule has 2 aliphatic rings. The first-order valence-electron chi connectivity index (χ1n) is 10.1. The predicted molar refractivity (Wildman–Crippen MR) is 112 cm³/mol. The number of ether oxygens (including phenoxy) is 1. The summed E-state index contributed by atoms with van der Waals surface area (Å²) in [6.45, 7) is 2.78. The van der Waals surface area contributed by atoms with Crippen LogP contribution in [0.3, 0.4) is 0 Å². The maximum atomic E-state index is 12.4. The monoisotopic (exact) mass is 427 g/mol. The zero-order chi connectivity index (χ0) is 22.5. The second-order valence-corrected chi connectivity index (χ2v) is 7.61. The van der Waals surface area contributed by atoms with Gasteiger partial charge >= 0.3 is 5.97 Å². The molecule has 0 aromatic heterocycles. The Morgan fingerprint density at radius 3 is 2.03 bits per heavy atom. The van der Waals surface area contributed by atoms with E-state index >= 15 is 0 Å². The normalized spacial score (nSPS) is 20.8. The van der Waals surface area contributed by atoms with Crippen molar-refractivity contribution in [2.75, 3.05) is 17.2 Å².